The first-order chi connectivity index (χ1) is 26.4. The molecule has 276 valence electrons. The molecule has 0 unspecified atom stereocenters. The Labute approximate surface area is 317 Å². The summed E-state index contributed by atoms with van der Waals surface area (Å²) in [7, 11) is -2.32. The van der Waals surface area contributed by atoms with E-state index in [2.05, 4.69) is 51.5 Å². The zero-order valence-corrected chi connectivity index (χ0v) is 31.8. The number of carbonyl (C=O) groups excluding carboxylic acids is 4. The van der Waals surface area contributed by atoms with Gasteiger partial charge in [0.1, 0.15) is 8.07 Å². The Morgan fingerprint density at radius 1 is 0.685 bits per heavy atom. The molecule has 3 aromatic carbocycles. The fourth-order valence-electron chi connectivity index (χ4n) is 12.5. The number of carbonyl (C=O) groups is 4. The highest BCUT2D eigenvalue weighted by Gasteiger charge is 2.59. The highest BCUT2D eigenvalue weighted by Crippen LogP contribution is 2.53. The minimum atomic E-state index is -2.32. The van der Waals surface area contributed by atoms with Crippen LogP contribution in [0.1, 0.15) is 114 Å². The summed E-state index contributed by atoms with van der Waals surface area (Å²) in [6.07, 6.45) is 16.7. The van der Waals surface area contributed by atoms with Crippen molar-refractivity contribution in [1.82, 2.24) is 5.32 Å². The van der Waals surface area contributed by atoms with Crippen LogP contribution in [0.5, 0.6) is 0 Å². The lowest BCUT2D eigenvalue weighted by molar-refractivity contribution is -0.125. The first-order valence-electron chi connectivity index (χ1n) is 20.6. The number of allylic oxidation sites excluding steroid dienone is 2. The lowest BCUT2D eigenvalue weighted by Crippen LogP contribution is -2.67. The van der Waals surface area contributed by atoms with Crippen molar-refractivity contribution in [3.8, 4) is 0 Å². The van der Waals surface area contributed by atoms with E-state index >= 15 is 0 Å². The smallest absolute Gasteiger partial charge is 0.340 e. The van der Waals surface area contributed by atoms with Crippen molar-refractivity contribution in [1.29, 1.82) is 0 Å². The van der Waals surface area contributed by atoms with Crippen molar-refractivity contribution in [3.63, 3.8) is 0 Å². The molecule has 7 heterocycles. The van der Waals surface area contributed by atoms with E-state index in [0.29, 0.717) is 35.3 Å². The molecule has 8 aliphatic rings. The van der Waals surface area contributed by atoms with Gasteiger partial charge in [0.25, 0.3) is 5.91 Å². The van der Waals surface area contributed by atoms with Crippen LogP contribution in [0.25, 0.3) is 0 Å². The van der Waals surface area contributed by atoms with Crippen molar-refractivity contribution < 1.29 is 23.9 Å². The van der Waals surface area contributed by atoms with Gasteiger partial charge in [0, 0.05) is 64.3 Å². The molecule has 0 atom stereocenters. The summed E-state index contributed by atoms with van der Waals surface area (Å²) < 4.78 is 6.84. The molecule has 4 bridgehead atoms. The zero-order valence-electron chi connectivity index (χ0n) is 30.8. The van der Waals surface area contributed by atoms with Gasteiger partial charge in [-0.3, -0.25) is 14.4 Å². The number of rotatable bonds is 6. The van der Waals surface area contributed by atoms with Gasteiger partial charge in [0.05, 0.1) is 11.5 Å². The number of ether oxygens (including phenoxy) is 1. The standard InChI is InChI=1S/C45H47N3O5Si/c49-39-18-19-40(50)35(39)20-21-46-43(51)27-4-15-34-38(24-27)45(53-44(34)52)36-16-13-32(47-28-5-6-29(47)8-7-28)25-41(36)54(22-2-1-3-23-54)42-26-33(14-17-37(42)45)48-30-9-10-31(48)12-11-30/h4,13-19,24-26,28-31,35H,1-3,5-12,20-23H2,(H,46,51). The van der Waals surface area contributed by atoms with Gasteiger partial charge in [-0.2, -0.15) is 0 Å². The van der Waals surface area contributed by atoms with Gasteiger partial charge in [-0.1, -0.05) is 31.4 Å². The maximum absolute atomic E-state index is 14.1. The van der Waals surface area contributed by atoms with Crippen molar-refractivity contribution in [3.05, 3.63) is 94.6 Å². The van der Waals surface area contributed by atoms with Gasteiger partial charge in [0.15, 0.2) is 17.2 Å². The van der Waals surface area contributed by atoms with E-state index < -0.39 is 19.6 Å². The molecule has 0 aromatic heterocycles. The van der Waals surface area contributed by atoms with E-state index in [1.54, 1.807) is 12.1 Å². The summed E-state index contributed by atoms with van der Waals surface area (Å²) >= 11 is 0. The third-order valence-electron chi connectivity index (χ3n) is 14.9. The number of amides is 1. The number of benzene rings is 3. The van der Waals surface area contributed by atoms with Crippen LogP contribution < -0.4 is 25.5 Å². The molecular formula is C45H47N3O5Si. The number of hydrogen-bond donors (Lipinski definition) is 1. The average molecular weight is 738 g/mol. The van der Waals surface area contributed by atoms with Crippen LogP contribution in [0.15, 0.2) is 66.7 Å². The van der Waals surface area contributed by atoms with Crippen molar-refractivity contribution in [2.24, 2.45) is 5.92 Å². The largest absolute Gasteiger partial charge is 0.441 e. The number of fused-ring (bicyclic) bond motifs is 12. The van der Waals surface area contributed by atoms with Gasteiger partial charge in [0.2, 0.25) is 0 Å². The molecule has 9 heteroatoms. The molecule has 2 spiro atoms. The van der Waals surface area contributed by atoms with Gasteiger partial charge in [-0.25, -0.2) is 4.79 Å². The summed E-state index contributed by atoms with van der Waals surface area (Å²) in [5, 5.41) is 5.80. The predicted octanol–water partition coefficient (Wildman–Crippen LogP) is 5.92. The van der Waals surface area contributed by atoms with Crippen LogP contribution in [0.2, 0.25) is 12.1 Å². The number of anilines is 2. The van der Waals surface area contributed by atoms with E-state index in [1.807, 2.05) is 6.07 Å². The number of nitrogens with zero attached hydrogens (tertiary/aromatic N) is 2. The normalized spacial score (nSPS) is 29.7. The van der Waals surface area contributed by atoms with E-state index in [9.17, 15) is 19.2 Å². The van der Waals surface area contributed by atoms with Crippen LogP contribution in [0, 0.1) is 5.92 Å². The summed E-state index contributed by atoms with van der Waals surface area (Å²) in [5.41, 5.74) is 5.33. The summed E-state index contributed by atoms with van der Waals surface area (Å²) in [6, 6.07) is 24.4. The molecule has 5 saturated heterocycles. The average Bonchev–Trinajstić information content (AvgIpc) is 4.08. The van der Waals surface area contributed by atoms with Gasteiger partial charge < -0.3 is 19.9 Å². The Hall–Kier alpha value is -4.50. The Kier molecular flexibility index (Phi) is 7.31. The van der Waals surface area contributed by atoms with Crippen LogP contribution in [0.4, 0.5) is 11.4 Å². The van der Waals surface area contributed by atoms with E-state index in [4.69, 9.17) is 4.74 Å². The van der Waals surface area contributed by atoms with Crippen LogP contribution in [-0.2, 0) is 19.9 Å². The van der Waals surface area contributed by atoms with Gasteiger partial charge >= 0.3 is 5.97 Å². The monoisotopic (exact) mass is 737 g/mol. The lowest BCUT2D eigenvalue weighted by atomic mass is 9.78. The molecule has 1 aliphatic carbocycles. The molecule has 7 aliphatic heterocycles. The third-order valence-corrected chi connectivity index (χ3v) is 20.3. The van der Waals surface area contributed by atoms with Crippen molar-refractivity contribution in [2.45, 2.75) is 119 Å². The second-order valence-electron chi connectivity index (χ2n) is 17.4. The van der Waals surface area contributed by atoms with Crippen LogP contribution >= 0.6 is 0 Å². The highest BCUT2D eigenvalue weighted by molar-refractivity contribution is 7.03. The molecule has 1 N–H and O–H groups in total. The number of esters is 1. The fourth-order valence-corrected chi connectivity index (χ4v) is 18.2. The Balaban J connectivity index is 1.07. The number of nitrogens with one attached hydrogen (secondary N) is 1. The maximum Gasteiger partial charge on any atom is 0.340 e. The quantitative estimate of drug-likeness (QED) is 0.191. The summed E-state index contributed by atoms with van der Waals surface area (Å²) in [4.78, 5) is 57.7. The van der Waals surface area contributed by atoms with Crippen molar-refractivity contribution >= 4 is 53.3 Å². The molecule has 8 nitrogen and oxygen atoms in total. The number of hydrogen-bond acceptors (Lipinski definition) is 7. The molecule has 0 saturated carbocycles. The van der Waals surface area contributed by atoms with E-state index in [1.165, 1.54) is 117 Å². The Bertz CT molecular complexity index is 2050. The second-order valence-corrected chi connectivity index (χ2v) is 21.6. The van der Waals surface area contributed by atoms with E-state index in [0.717, 1.165) is 16.7 Å². The number of ketones is 2. The minimum Gasteiger partial charge on any atom is -0.441 e. The SMILES string of the molecule is O=C(NCCC1C(=O)C=CC1=O)c1ccc2c(c1)C1(OC2=O)c2ccc(N3C4CCC3CC4)cc2[Si]2(CCCCC2)c2cc(N3C4CCC3CC4)ccc21. The molecule has 11 rings (SSSR count). The fraction of sp³-hybridized carbons (Fsp3) is 0.467. The summed E-state index contributed by atoms with van der Waals surface area (Å²) in [5.74, 6) is -1.80. The Morgan fingerprint density at radius 2 is 1.22 bits per heavy atom. The summed E-state index contributed by atoms with van der Waals surface area (Å²) in [6.45, 7) is 0.197. The molecule has 54 heavy (non-hydrogen) atoms. The van der Waals surface area contributed by atoms with Crippen LogP contribution in [-0.4, -0.2) is 62.2 Å². The topological polar surface area (TPSA) is 96.0 Å². The Morgan fingerprint density at radius 3 is 1.76 bits per heavy atom. The first-order valence-corrected chi connectivity index (χ1v) is 23.1. The second kappa shape index (κ2) is 12.0. The van der Waals surface area contributed by atoms with E-state index in [-0.39, 0.29) is 36.4 Å². The first kappa shape index (κ1) is 32.9. The maximum atomic E-state index is 14.1. The highest BCUT2D eigenvalue weighted by atomic mass is 28.3. The minimum absolute atomic E-state index is 0.197. The molecular weight excluding hydrogens is 691 g/mol. The van der Waals surface area contributed by atoms with Crippen LogP contribution in [0.3, 0.4) is 0 Å². The molecule has 5 fully saturated rings. The molecule has 3 aromatic rings. The zero-order chi connectivity index (χ0) is 36.3. The third kappa shape index (κ3) is 4.53. The lowest BCUT2D eigenvalue weighted by Gasteiger charge is -2.49. The molecule has 0 radical (unpaired) electrons. The van der Waals surface area contributed by atoms with Crippen molar-refractivity contribution in [2.75, 3.05) is 16.3 Å². The molecule has 1 amide bonds. The van der Waals surface area contributed by atoms with Gasteiger partial charge in [-0.15, -0.1) is 0 Å². The van der Waals surface area contributed by atoms with Gasteiger partial charge in [-0.05, 0) is 135 Å². The predicted molar refractivity (Wildman–Crippen MR) is 210 cm³/mol.